The van der Waals surface area contributed by atoms with Gasteiger partial charge >= 0.3 is 0 Å². The minimum Gasteiger partial charge on any atom is -0.385 e. The zero-order chi connectivity index (χ0) is 13.0. The van der Waals surface area contributed by atoms with Gasteiger partial charge in [-0.2, -0.15) is 0 Å². The minimum atomic E-state index is 0.527. The van der Waals surface area contributed by atoms with Crippen LogP contribution in [-0.2, 0) is 0 Å². The third kappa shape index (κ3) is 4.00. The van der Waals surface area contributed by atoms with E-state index < -0.39 is 0 Å². The van der Waals surface area contributed by atoms with Gasteiger partial charge in [-0.15, -0.1) is 0 Å². The number of nitrogens with one attached hydrogen (secondary N) is 1. The van der Waals surface area contributed by atoms with Crippen LogP contribution in [0.1, 0.15) is 25.0 Å². The first-order valence-electron chi connectivity index (χ1n) is 6.16. The van der Waals surface area contributed by atoms with E-state index in [2.05, 4.69) is 61.1 Å². The van der Waals surface area contributed by atoms with Gasteiger partial charge in [0, 0.05) is 16.7 Å². The Bertz CT molecular complexity index is 351. The average Bonchev–Trinajstić information content (AvgIpc) is 2.26. The number of anilines is 1. The largest absolute Gasteiger partial charge is 0.385 e. The first kappa shape index (κ1) is 14.5. The third-order valence-electron chi connectivity index (χ3n) is 3.25. The highest BCUT2D eigenvalue weighted by Crippen LogP contribution is 2.25. The smallest absolute Gasteiger partial charge is 0.0346 e. The Balaban J connectivity index is 2.69. The Kier molecular flexibility index (Phi) is 5.47. The third-order valence-corrected chi connectivity index (χ3v) is 4.50. The van der Waals surface area contributed by atoms with Crippen molar-refractivity contribution < 1.29 is 0 Å². The van der Waals surface area contributed by atoms with E-state index in [-0.39, 0.29) is 0 Å². The molecule has 1 unspecified atom stereocenters. The predicted molar refractivity (Wildman–Crippen MR) is 79.5 cm³/mol. The summed E-state index contributed by atoms with van der Waals surface area (Å²) < 4.78 is 1.20. The first-order chi connectivity index (χ1) is 7.95. The van der Waals surface area contributed by atoms with Gasteiger partial charge in [-0.3, -0.25) is 0 Å². The number of hydrogen-bond acceptors (Lipinski definition) is 2. The van der Waals surface area contributed by atoms with E-state index in [1.807, 2.05) is 0 Å². The molecule has 0 amide bonds. The van der Waals surface area contributed by atoms with E-state index in [0.29, 0.717) is 11.8 Å². The lowest BCUT2D eigenvalue weighted by Gasteiger charge is -2.20. The van der Waals surface area contributed by atoms with Crippen molar-refractivity contribution >= 4 is 21.6 Å². The van der Waals surface area contributed by atoms with Crippen LogP contribution in [0, 0.1) is 25.7 Å². The maximum Gasteiger partial charge on any atom is 0.0346 e. The van der Waals surface area contributed by atoms with Gasteiger partial charge in [0.05, 0.1) is 0 Å². The Hall–Kier alpha value is -0.540. The molecule has 0 aliphatic carbocycles. The highest BCUT2D eigenvalue weighted by atomic mass is 79.9. The number of hydrogen-bond donors (Lipinski definition) is 2. The van der Waals surface area contributed by atoms with Gasteiger partial charge < -0.3 is 11.1 Å². The monoisotopic (exact) mass is 298 g/mol. The Morgan fingerprint density at radius 1 is 1.24 bits per heavy atom. The second kappa shape index (κ2) is 6.41. The van der Waals surface area contributed by atoms with Crippen molar-refractivity contribution in [2.24, 2.45) is 17.6 Å². The molecule has 0 heterocycles. The zero-order valence-electron chi connectivity index (χ0n) is 11.2. The molecule has 0 bridgehead atoms. The lowest BCUT2D eigenvalue weighted by Crippen LogP contribution is -2.27. The number of nitrogens with two attached hydrogens (primary N) is 1. The minimum absolute atomic E-state index is 0.527. The van der Waals surface area contributed by atoms with Gasteiger partial charge in [0.15, 0.2) is 0 Å². The molecule has 1 aromatic carbocycles. The molecule has 0 radical (unpaired) electrons. The fourth-order valence-electron chi connectivity index (χ4n) is 1.89. The molecule has 1 aromatic rings. The molecule has 1 atom stereocenters. The van der Waals surface area contributed by atoms with Crippen molar-refractivity contribution in [1.29, 1.82) is 0 Å². The molecular weight excluding hydrogens is 276 g/mol. The predicted octanol–water partition coefficient (Wildman–Crippen LogP) is 3.71. The molecule has 0 aliphatic rings. The van der Waals surface area contributed by atoms with Crippen LogP contribution in [0.4, 0.5) is 5.69 Å². The van der Waals surface area contributed by atoms with Gasteiger partial charge in [-0.1, -0.05) is 29.8 Å². The maximum absolute atomic E-state index is 5.77. The summed E-state index contributed by atoms with van der Waals surface area (Å²) >= 11 is 3.58. The van der Waals surface area contributed by atoms with Crippen LogP contribution in [0.5, 0.6) is 0 Å². The Morgan fingerprint density at radius 3 is 2.18 bits per heavy atom. The normalized spacial score (nSPS) is 12.9. The molecule has 0 saturated heterocycles. The molecule has 3 heteroatoms. The van der Waals surface area contributed by atoms with Crippen LogP contribution in [0.15, 0.2) is 16.6 Å². The van der Waals surface area contributed by atoms with Gasteiger partial charge in [0.2, 0.25) is 0 Å². The van der Waals surface area contributed by atoms with E-state index in [0.717, 1.165) is 13.1 Å². The van der Waals surface area contributed by atoms with Gasteiger partial charge in [-0.25, -0.2) is 0 Å². The van der Waals surface area contributed by atoms with E-state index in [1.54, 1.807) is 0 Å². The van der Waals surface area contributed by atoms with Gasteiger partial charge in [-0.05, 0) is 55.5 Å². The molecule has 2 nitrogen and oxygen atoms in total. The molecule has 0 spiro atoms. The summed E-state index contributed by atoms with van der Waals surface area (Å²) in [5, 5.41) is 3.49. The van der Waals surface area contributed by atoms with E-state index >= 15 is 0 Å². The van der Waals surface area contributed by atoms with Crippen molar-refractivity contribution in [2.75, 3.05) is 18.4 Å². The SMILES string of the molecule is Cc1cc(NCC(CN)C(C)C)cc(C)c1Br. The van der Waals surface area contributed by atoms with Crippen molar-refractivity contribution in [2.45, 2.75) is 27.7 Å². The highest BCUT2D eigenvalue weighted by Gasteiger charge is 2.11. The first-order valence-corrected chi connectivity index (χ1v) is 6.95. The molecule has 0 fully saturated rings. The number of aryl methyl sites for hydroxylation is 2. The van der Waals surface area contributed by atoms with Crippen molar-refractivity contribution in [1.82, 2.24) is 0 Å². The van der Waals surface area contributed by atoms with Crippen LogP contribution in [0.3, 0.4) is 0 Å². The summed E-state index contributed by atoms with van der Waals surface area (Å²) in [6.07, 6.45) is 0. The summed E-state index contributed by atoms with van der Waals surface area (Å²) in [5.74, 6) is 1.14. The fourth-order valence-corrected chi connectivity index (χ4v) is 2.12. The summed E-state index contributed by atoms with van der Waals surface area (Å²) in [7, 11) is 0. The molecule has 17 heavy (non-hydrogen) atoms. The standard InChI is InChI=1S/C14H23BrN2/c1-9(2)12(7-16)8-17-13-5-10(3)14(15)11(4)6-13/h5-6,9,12,17H,7-8,16H2,1-4H3. The topological polar surface area (TPSA) is 38.0 Å². The molecule has 0 saturated carbocycles. The Morgan fingerprint density at radius 2 is 1.76 bits per heavy atom. The maximum atomic E-state index is 5.77. The summed E-state index contributed by atoms with van der Waals surface area (Å²) in [6.45, 7) is 10.3. The Labute approximate surface area is 113 Å². The van der Waals surface area contributed by atoms with Crippen molar-refractivity contribution in [3.63, 3.8) is 0 Å². The summed E-state index contributed by atoms with van der Waals surface area (Å²) in [5.41, 5.74) is 9.49. The summed E-state index contributed by atoms with van der Waals surface area (Å²) in [4.78, 5) is 0. The van der Waals surface area contributed by atoms with E-state index in [1.165, 1.54) is 21.3 Å². The van der Waals surface area contributed by atoms with Crippen LogP contribution >= 0.6 is 15.9 Å². The molecule has 0 aromatic heterocycles. The van der Waals surface area contributed by atoms with Crippen LogP contribution in [-0.4, -0.2) is 13.1 Å². The number of rotatable bonds is 5. The molecular formula is C14H23BrN2. The lowest BCUT2D eigenvalue weighted by molar-refractivity contribution is 0.413. The quantitative estimate of drug-likeness (QED) is 0.870. The fraction of sp³-hybridized carbons (Fsp3) is 0.571. The number of halogens is 1. The van der Waals surface area contributed by atoms with Crippen molar-refractivity contribution in [3.05, 3.63) is 27.7 Å². The van der Waals surface area contributed by atoms with Gasteiger partial charge in [0.1, 0.15) is 0 Å². The molecule has 3 N–H and O–H groups in total. The second-order valence-corrected chi connectivity index (χ2v) is 5.84. The van der Waals surface area contributed by atoms with Crippen molar-refractivity contribution in [3.8, 4) is 0 Å². The van der Waals surface area contributed by atoms with E-state index in [9.17, 15) is 0 Å². The number of benzene rings is 1. The average molecular weight is 299 g/mol. The van der Waals surface area contributed by atoms with Gasteiger partial charge in [0.25, 0.3) is 0 Å². The summed E-state index contributed by atoms with van der Waals surface area (Å²) in [6, 6.07) is 4.34. The van der Waals surface area contributed by atoms with Crippen LogP contribution in [0.2, 0.25) is 0 Å². The highest BCUT2D eigenvalue weighted by molar-refractivity contribution is 9.10. The second-order valence-electron chi connectivity index (χ2n) is 5.04. The molecule has 1 rings (SSSR count). The van der Waals surface area contributed by atoms with Crippen LogP contribution in [0.25, 0.3) is 0 Å². The zero-order valence-corrected chi connectivity index (χ0v) is 12.8. The van der Waals surface area contributed by atoms with E-state index in [4.69, 9.17) is 5.73 Å². The van der Waals surface area contributed by atoms with Crippen LogP contribution < -0.4 is 11.1 Å². The molecule has 0 aliphatic heterocycles. The lowest BCUT2D eigenvalue weighted by atomic mass is 9.96. The molecule has 96 valence electrons.